The Bertz CT molecular complexity index is 325. The Labute approximate surface area is 99.2 Å². The average molecular weight is 248 g/mol. The summed E-state index contributed by atoms with van der Waals surface area (Å²) in [6, 6.07) is 0.524. The predicted molar refractivity (Wildman–Crippen MR) is 66.8 cm³/mol. The molecule has 0 aliphatic heterocycles. The molecule has 0 amide bonds. The molecule has 1 saturated carbocycles. The molecule has 16 heavy (non-hydrogen) atoms. The van der Waals surface area contributed by atoms with Crippen LogP contribution in [0.25, 0.3) is 0 Å². The highest BCUT2D eigenvalue weighted by atomic mass is 32.2. The second-order valence-corrected chi connectivity index (χ2v) is 7.61. The zero-order valence-corrected chi connectivity index (χ0v) is 11.5. The van der Waals surface area contributed by atoms with Crippen LogP contribution in [0.15, 0.2) is 0 Å². The predicted octanol–water partition coefficient (Wildman–Crippen LogP) is 0.950. The fourth-order valence-corrected chi connectivity index (χ4v) is 3.13. The third-order valence-electron chi connectivity index (χ3n) is 3.23. The van der Waals surface area contributed by atoms with Gasteiger partial charge in [-0.2, -0.15) is 0 Å². The van der Waals surface area contributed by atoms with Crippen molar-refractivity contribution in [3.05, 3.63) is 0 Å². The van der Waals surface area contributed by atoms with Gasteiger partial charge in [0.2, 0.25) is 10.0 Å². The van der Waals surface area contributed by atoms with Crippen molar-refractivity contribution in [1.29, 1.82) is 0 Å². The molecule has 5 heteroatoms. The van der Waals surface area contributed by atoms with Crippen molar-refractivity contribution in [3.8, 4) is 0 Å². The minimum atomic E-state index is -3.05. The summed E-state index contributed by atoms with van der Waals surface area (Å²) in [5.74, 6) is 0.674. The van der Waals surface area contributed by atoms with Gasteiger partial charge in [0.05, 0.1) is 6.26 Å². The van der Waals surface area contributed by atoms with Crippen molar-refractivity contribution < 1.29 is 8.42 Å². The van der Waals surface area contributed by atoms with Gasteiger partial charge in [-0.1, -0.05) is 20.8 Å². The molecule has 0 radical (unpaired) electrons. The van der Waals surface area contributed by atoms with E-state index in [0.29, 0.717) is 30.5 Å². The fourth-order valence-electron chi connectivity index (χ4n) is 2.66. The van der Waals surface area contributed by atoms with E-state index in [0.717, 1.165) is 0 Å². The fraction of sp³-hybridized carbons (Fsp3) is 1.00. The van der Waals surface area contributed by atoms with Gasteiger partial charge in [-0.25, -0.2) is 13.1 Å². The van der Waals surface area contributed by atoms with Crippen LogP contribution in [0, 0.1) is 11.3 Å². The minimum absolute atomic E-state index is 0.418. The van der Waals surface area contributed by atoms with E-state index in [1.54, 1.807) is 0 Å². The molecule has 2 atom stereocenters. The first kappa shape index (κ1) is 13.9. The summed E-state index contributed by atoms with van der Waals surface area (Å²) in [5, 5.41) is 3.43. The molecule has 0 bridgehead atoms. The second-order valence-electron chi connectivity index (χ2n) is 5.78. The van der Waals surface area contributed by atoms with Crippen LogP contribution in [-0.4, -0.2) is 33.8 Å². The topological polar surface area (TPSA) is 58.2 Å². The van der Waals surface area contributed by atoms with E-state index in [-0.39, 0.29) is 0 Å². The van der Waals surface area contributed by atoms with E-state index >= 15 is 0 Å². The molecule has 1 fully saturated rings. The number of sulfonamides is 1. The first-order valence-electron chi connectivity index (χ1n) is 5.88. The smallest absolute Gasteiger partial charge is 0.208 e. The van der Waals surface area contributed by atoms with E-state index in [4.69, 9.17) is 0 Å². The van der Waals surface area contributed by atoms with Gasteiger partial charge in [-0.15, -0.1) is 0 Å². The Hall–Kier alpha value is -0.130. The van der Waals surface area contributed by atoms with Crippen molar-refractivity contribution in [2.45, 2.75) is 39.7 Å². The van der Waals surface area contributed by atoms with Crippen LogP contribution in [0.4, 0.5) is 0 Å². The van der Waals surface area contributed by atoms with Gasteiger partial charge >= 0.3 is 0 Å². The lowest BCUT2D eigenvalue weighted by molar-refractivity contribution is 0.362. The van der Waals surface area contributed by atoms with Crippen LogP contribution >= 0.6 is 0 Å². The van der Waals surface area contributed by atoms with E-state index in [9.17, 15) is 8.42 Å². The van der Waals surface area contributed by atoms with E-state index in [2.05, 4.69) is 30.8 Å². The number of hydrogen-bond acceptors (Lipinski definition) is 3. The summed E-state index contributed by atoms with van der Waals surface area (Å²) >= 11 is 0. The molecule has 2 N–H and O–H groups in total. The van der Waals surface area contributed by atoms with E-state index in [1.807, 2.05) is 0 Å². The van der Waals surface area contributed by atoms with Crippen molar-refractivity contribution in [2.24, 2.45) is 11.3 Å². The van der Waals surface area contributed by atoms with Crippen LogP contribution in [0.2, 0.25) is 0 Å². The third kappa shape index (κ3) is 4.80. The Balaban J connectivity index is 2.24. The lowest BCUT2D eigenvalue weighted by Crippen LogP contribution is -2.38. The van der Waals surface area contributed by atoms with Crippen molar-refractivity contribution in [2.75, 3.05) is 19.3 Å². The number of rotatable bonds is 5. The lowest BCUT2D eigenvalue weighted by Gasteiger charge is -2.18. The molecule has 0 unspecified atom stereocenters. The maximum Gasteiger partial charge on any atom is 0.208 e. The highest BCUT2D eigenvalue weighted by Gasteiger charge is 2.35. The van der Waals surface area contributed by atoms with Crippen LogP contribution in [0.1, 0.15) is 33.6 Å². The molecule has 96 valence electrons. The van der Waals surface area contributed by atoms with Gasteiger partial charge in [0, 0.05) is 19.1 Å². The Kier molecular flexibility index (Phi) is 4.37. The summed E-state index contributed by atoms with van der Waals surface area (Å²) in [7, 11) is -3.05. The maximum absolute atomic E-state index is 10.9. The maximum atomic E-state index is 10.9. The molecule has 0 spiro atoms. The second kappa shape index (κ2) is 5.02. The van der Waals surface area contributed by atoms with Crippen molar-refractivity contribution in [1.82, 2.24) is 10.0 Å². The molecule has 0 heterocycles. The minimum Gasteiger partial charge on any atom is -0.312 e. The third-order valence-corrected chi connectivity index (χ3v) is 3.96. The summed E-state index contributed by atoms with van der Waals surface area (Å²) in [6.07, 6.45) is 3.60. The molecule has 0 aromatic rings. The van der Waals surface area contributed by atoms with Crippen LogP contribution in [0.3, 0.4) is 0 Å². The molecule has 4 nitrogen and oxygen atoms in total. The number of nitrogens with one attached hydrogen (secondary N) is 2. The zero-order chi connectivity index (χ0) is 12.4. The van der Waals surface area contributed by atoms with Crippen molar-refractivity contribution in [3.63, 3.8) is 0 Å². The average Bonchev–Trinajstić information content (AvgIpc) is 2.32. The standard InChI is InChI=1S/C11H24N2O2S/c1-9-7-11(2,3)8-10(9)12-5-6-13-16(4,14)15/h9-10,12-13H,5-8H2,1-4H3/t9-,10+/m0/s1. The Morgan fingerprint density at radius 3 is 2.31 bits per heavy atom. The zero-order valence-electron chi connectivity index (χ0n) is 10.7. The summed E-state index contributed by atoms with van der Waals surface area (Å²) in [4.78, 5) is 0. The molecule has 0 aromatic carbocycles. The Morgan fingerprint density at radius 1 is 1.25 bits per heavy atom. The molecule has 1 aliphatic carbocycles. The van der Waals surface area contributed by atoms with Gasteiger partial charge in [-0.05, 0) is 24.2 Å². The highest BCUT2D eigenvalue weighted by molar-refractivity contribution is 7.88. The first-order valence-corrected chi connectivity index (χ1v) is 7.77. The van der Waals surface area contributed by atoms with Crippen LogP contribution in [-0.2, 0) is 10.0 Å². The van der Waals surface area contributed by atoms with Crippen LogP contribution in [0.5, 0.6) is 0 Å². The van der Waals surface area contributed by atoms with Gasteiger partial charge < -0.3 is 5.32 Å². The van der Waals surface area contributed by atoms with Gasteiger partial charge in [-0.3, -0.25) is 0 Å². The Morgan fingerprint density at radius 2 is 1.88 bits per heavy atom. The lowest BCUT2D eigenvalue weighted by atomic mass is 9.91. The molecular formula is C11H24N2O2S. The first-order chi connectivity index (χ1) is 7.20. The van der Waals surface area contributed by atoms with Crippen LogP contribution < -0.4 is 10.0 Å². The monoisotopic (exact) mass is 248 g/mol. The summed E-state index contributed by atoms with van der Waals surface area (Å²) in [6.45, 7) is 8.02. The SMILES string of the molecule is C[C@H]1CC(C)(C)C[C@H]1NCCNS(C)(=O)=O. The molecule has 0 aromatic heterocycles. The van der Waals surface area contributed by atoms with Gasteiger partial charge in [0.15, 0.2) is 0 Å². The van der Waals surface area contributed by atoms with Gasteiger partial charge in [0.1, 0.15) is 0 Å². The molecule has 0 saturated heterocycles. The van der Waals surface area contributed by atoms with E-state index < -0.39 is 10.0 Å². The quantitative estimate of drug-likeness (QED) is 0.712. The van der Waals surface area contributed by atoms with Crippen molar-refractivity contribution >= 4 is 10.0 Å². The normalized spacial score (nSPS) is 29.5. The molecule has 1 rings (SSSR count). The number of hydrogen-bond donors (Lipinski definition) is 2. The summed E-state index contributed by atoms with van der Waals surface area (Å²) in [5.41, 5.74) is 0.418. The summed E-state index contributed by atoms with van der Waals surface area (Å²) < 4.78 is 24.2. The molecule has 1 aliphatic rings. The molecular weight excluding hydrogens is 224 g/mol. The van der Waals surface area contributed by atoms with E-state index in [1.165, 1.54) is 19.1 Å². The highest BCUT2D eigenvalue weighted by Crippen LogP contribution is 2.40. The largest absolute Gasteiger partial charge is 0.312 e. The van der Waals surface area contributed by atoms with Gasteiger partial charge in [0.25, 0.3) is 0 Å².